The third-order valence-electron chi connectivity index (χ3n) is 1.90. The Hall–Kier alpha value is -1.36. The van der Waals surface area contributed by atoms with Crippen LogP contribution in [0, 0.1) is 12.4 Å². The quantitative estimate of drug-likeness (QED) is 0.491. The van der Waals surface area contributed by atoms with Gasteiger partial charge in [-0.2, -0.15) is 0 Å². The highest BCUT2D eigenvalue weighted by Crippen LogP contribution is 2.06. The normalized spacial score (nSPS) is 9.54. The molecule has 0 aromatic heterocycles. The first-order chi connectivity index (χ1) is 6.33. The zero-order chi connectivity index (χ0) is 9.52. The van der Waals surface area contributed by atoms with Crippen molar-refractivity contribution < 1.29 is 4.39 Å². The minimum absolute atomic E-state index is 0.190. The van der Waals surface area contributed by atoms with Crippen molar-refractivity contribution >= 4 is 0 Å². The van der Waals surface area contributed by atoms with Crippen LogP contribution in [-0.2, 0) is 6.42 Å². The topological polar surface area (TPSA) is 4.36 Å². The van der Waals surface area contributed by atoms with Crippen LogP contribution in [0.5, 0.6) is 0 Å². The Labute approximate surface area is 78.0 Å². The van der Waals surface area contributed by atoms with Crippen molar-refractivity contribution in [3.05, 3.63) is 47.1 Å². The molecule has 0 aliphatic rings. The number of benzene rings is 1. The molecule has 0 atom stereocenters. The molecule has 1 nitrogen and oxygen atoms in total. The van der Waals surface area contributed by atoms with Crippen LogP contribution >= 0.6 is 0 Å². The molecule has 2 heteroatoms. The summed E-state index contributed by atoms with van der Waals surface area (Å²) in [6, 6.07) is 6.55. The van der Waals surface area contributed by atoms with Gasteiger partial charge in [-0.25, -0.2) is 11.0 Å². The van der Waals surface area contributed by atoms with Gasteiger partial charge in [0, 0.05) is 6.42 Å². The molecule has 1 rings (SSSR count). The molecule has 13 heavy (non-hydrogen) atoms. The minimum Gasteiger partial charge on any atom is -0.317 e. The third-order valence-corrected chi connectivity index (χ3v) is 1.90. The Morgan fingerprint density at radius 3 is 2.46 bits per heavy atom. The molecule has 1 aromatic carbocycles. The van der Waals surface area contributed by atoms with Gasteiger partial charge in [-0.05, 0) is 30.5 Å². The number of aryl methyl sites for hydroxylation is 1. The van der Waals surface area contributed by atoms with E-state index in [2.05, 4.69) is 4.85 Å². The van der Waals surface area contributed by atoms with Crippen LogP contribution in [0.25, 0.3) is 4.85 Å². The first-order valence-corrected chi connectivity index (χ1v) is 4.40. The molecule has 0 saturated carbocycles. The van der Waals surface area contributed by atoms with Crippen LogP contribution < -0.4 is 0 Å². The lowest BCUT2D eigenvalue weighted by atomic mass is 10.1. The van der Waals surface area contributed by atoms with E-state index < -0.39 is 0 Å². The summed E-state index contributed by atoms with van der Waals surface area (Å²) in [5.41, 5.74) is 1.14. The average molecular weight is 177 g/mol. The molecule has 0 amide bonds. The van der Waals surface area contributed by atoms with Gasteiger partial charge >= 0.3 is 0 Å². The summed E-state index contributed by atoms with van der Waals surface area (Å²) in [4.78, 5) is 3.27. The molecule has 0 N–H and O–H groups in total. The highest BCUT2D eigenvalue weighted by atomic mass is 19.1. The summed E-state index contributed by atoms with van der Waals surface area (Å²) in [7, 11) is 0. The maximum Gasteiger partial charge on any atom is 0.214 e. The van der Waals surface area contributed by atoms with Crippen LogP contribution in [0.4, 0.5) is 4.39 Å². The third kappa shape index (κ3) is 3.71. The fraction of sp³-hybridized carbons (Fsp3) is 0.364. The van der Waals surface area contributed by atoms with Crippen molar-refractivity contribution in [1.29, 1.82) is 0 Å². The Balaban J connectivity index is 2.30. The van der Waals surface area contributed by atoms with Crippen molar-refractivity contribution in [2.75, 3.05) is 6.54 Å². The predicted molar refractivity (Wildman–Crippen MR) is 50.8 cm³/mol. The van der Waals surface area contributed by atoms with Gasteiger partial charge in [-0.3, -0.25) is 0 Å². The van der Waals surface area contributed by atoms with Crippen LogP contribution in [0.1, 0.15) is 18.4 Å². The summed E-state index contributed by atoms with van der Waals surface area (Å²) >= 11 is 0. The number of halogens is 1. The lowest BCUT2D eigenvalue weighted by molar-refractivity contribution is 0.626. The molecule has 0 aliphatic carbocycles. The smallest absolute Gasteiger partial charge is 0.214 e. The van der Waals surface area contributed by atoms with Gasteiger partial charge < -0.3 is 4.85 Å². The highest BCUT2D eigenvalue weighted by Gasteiger charge is 1.94. The van der Waals surface area contributed by atoms with Gasteiger partial charge in [-0.15, -0.1) is 0 Å². The molecule has 0 bridgehead atoms. The summed E-state index contributed by atoms with van der Waals surface area (Å²) in [6.07, 6.45) is 2.88. The van der Waals surface area contributed by atoms with Crippen molar-refractivity contribution in [2.24, 2.45) is 0 Å². The maximum atomic E-state index is 12.5. The lowest BCUT2D eigenvalue weighted by Gasteiger charge is -1.98. The zero-order valence-electron chi connectivity index (χ0n) is 7.46. The van der Waals surface area contributed by atoms with E-state index in [9.17, 15) is 4.39 Å². The van der Waals surface area contributed by atoms with Gasteiger partial charge in [0.15, 0.2) is 0 Å². The second kappa shape index (κ2) is 5.31. The van der Waals surface area contributed by atoms with E-state index in [1.165, 1.54) is 12.1 Å². The SMILES string of the molecule is [C-]#[N+]CCCCc1ccc(F)cc1. The predicted octanol–water partition coefficient (Wildman–Crippen LogP) is 3.07. The summed E-state index contributed by atoms with van der Waals surface area (Å²) in [5.74, 6) is -0.190. The van der Waals surface area contributed by atoms with E-state index >= 15 is 0 Å². The largest absolute Gasteiger partial charge is 0.317 e. The molecular formula is C11H12FN. The van der Waals surface area contributed by atoms with Gasteiger partial charge in [0.05, 0.1) is 0 Å². The van der Waals surface area contributed by atoms with Crippen molar-refractivity contribution in [2.45, 2.75) is 19.3 Å². The molecule has 0 radical (unpaired) electrons. The fourth-order valence-corrected chi connectivity index (χ4v) is 1.17. The number of hydrogen-bond acceptors (Lipinski definition) is 0. The van der Waals surface area contributed by atoms with Crippen LogP contribution in [0.3, 0.4) is 0 Å². The van der Waals surface area contributed by atoms with E-state index in [0.29, 0.717) is 6.54 Å². The minimum atomic E-state index is -0.190. The van der Waals surface area contributed by atoms with E-state index in [1.807, 2.05) is 0 Å². The van der Waals surface area contributed by atoms with Gasteiger partial charge in [0.25, 0.3) is 0 Å². The number of rotatable bonds is 4. The molecule has 0 saturated heterocycles. The molecule has 0 heterocycles. The van der Waals surface area contributed by atoms with Crippen molar-refractivity contribution in [3.63, 3.8) is 0 Å². The maximum absolute atomic E-state index is 12.5. The summed E-state index contributed by atoms with van der Waals surface area (Å²) < 4.78 is 12.5. The molecule has 0 aliphatic heterocycles. The highest BCUT2D eigenvalue weighted by molar-refractivity contribution is 5.15. The first kappa shape index (κ1) is 9.73. The number of hydrogen-bond donors (Lipinski definition) is 0. The van der Waals surface area contributed by atoms with Crippen molar-refractivity contribution in [1.82, 2.24) is 0 Å². The van der Waals surface area contributed by atoms with Gasteiger partial charge in [0.1, 0.15) is 5.82 Å². The van der Waals surface area contributed by atoms with E-state index in [-0.39, 0.29) is 5.82 Å². The Morgan fingerprint density at radius 1 is 1.15 bits per heavy atom. The lowest BCUT2D eigenvalue weighted by Crippen LogP contribution is -1.87. The van der Waals surface area contributed by atoms with E-state index in [4.69, 9.17) is 6.57 Å². The molecule has 68 valence electrons. The van der Waals surface area contributed by atoms with Crippen LogP contribution in [0.2, 0.25) is 0 Å². The molecule has 0 spiro atoms. The fourth-order valence-electron chi connectivity index (χ4n) is 1.17. The average Bonchev–Trinajstić information content (AvgIpc) is 2.15. The van der Waals surface area contributed by atoms with Crippen molar-refractivity contribution in [3.8, 4) is 0 Å². The van der Waals surface area contributed by atoms with Gasteiger partial charge in [0.2, 0.25) is 6.54 Å². The summed E-state index contributed by atoms with van der Waals surface area (Å²) in [6.45, 7) is 7.19. The Kier molecular flexibility index (Phi) is 3.98. The van der Waals surface area contributed by atoms with Crippen LogP contribution in [-0.4, -0.2) is 6.54 Å². The Morgan fingerprint density at radius 2 is 1.85 bits per heavy atom. The second-order valence-corrected chi connectivity index (χ2v) is 2.97. The van der Waals surface area contributed by atoms with Crippen LogP contribution in [0.15, 0.2) is 24.3 Å². The van der Waals surface area contributed by atoms with Gasteiger partial charge in [-0.1, -0.05) is 12.1 Å². The van der Waals surface area contributed by atoms with E-state index in [1.54, 1.807) is 12.1 Å². The number of unbranched alkanes of at least 4 members (excludes halogenated alkanes) is 1. The monoisotopic (exact) mass is 177 g/mol. The van der Waals surface area contributed by atoms with E-state index in [0.717, 1.165) is 24.8 Å². The Bertz CT molecular complexity index is 284. The number of nitrogens with zero attached hydrogens (tertiary/aromatic N) is 1. The molecule has 0 fully saturated rings. The second-order valence-electron chi connectivity index (χ2n) is 2.97. The molecule has 0 unspecified atom stereocenters. The molecular weight excluding hydrogens is 165 g/mol. The first-order valence-electron chi connectivity index (χ1n) is 4.40. The standard InChI is InChI=1S/C11H12FN/c1-13-9-3-2-4-10-5-7-11(12)8-6-10/h5-8H,2-4,9H2. The summed E-state index contributed by atoms with van der Waals surface area (Å²) in [5, 5.41) is 0. The zero-order valence-corrected chi connectivity index (χ0v) is 7.46. The molecule has 1 aromatic rings.